The van der Waals surface area contributed by atoms with Gasteiger partial charge in [-0.05, 0) is 56.2 Å². The zero-order valence-corrected chi connectivity index (χ0v) is 18.9. The summed E-state index contributed by atoms with van der Waals surface area (Å²) in [5, 5.41) is 8.99. The lowest BCUT2D eigenvalue weighted by molar-refractivity contribution is 0.402. The maximum Gasteiger partial charge on any atom is 0.244 e. The van der Waals surface area contributed by atoms with Crippen molar-refractivity contribution in [1.29, 1.82) is 0 Å². The molecule has 3 rings (SSSR count). The van der Waals surface area contributed by atoms with E-state index in [1.807, 2.05) is 6.92 Å². The number of aromatic nitrogens is 1. The van der Waals surface area contributed by atoms with Crippen molar-refractivity contribution in [3.05, 3.63) is 59.3 Å². The Morgan fingerprint density at radius 3 is 2.29 bits per heavy atom. The molecule has 0 unspecified atom stereocenters. The molecule has 0 aliphatic heterocycles. The van der Waals surface area contributed by atoms with E-state index in [9.17, 15) is 16.8 Å². The van der Waals surface area contributed by atoms with Crippen LogP contribution in [0.5, 0.6) is 5.75 Å². The van der Waals surface area contributed by atoms with E-state index in [0.29, 0.717) is 17.7 Å². The summed E-state index contributed by atoms with van der Waals surface area (Å²) in [4.78, 5) is -0.0261. The van der Waals surface area contributed by atoms with E-state index in [1.165, 1.54) is 25.3 Å². The number of hydrogen-bond donors (Lipinski definition) is 2. The Morgan fingerprint density at radius 2 is 1.74 bits per heavy atom. The minimum atomic E-state index is -3.89. The fourth-order valence-electron chi connectivity index (χ4n) is 2.97. The maximum absolute atomic E-state index is 12.9. The van der Waals surface area contributed by atoms with E-state index in [-0.39, 0.29) is 22.1 Å². The minimum Gasteiger partial charge on any atom is -0.495 e. The molecule has 3 aromatic rings. The third kappa shape index (κ3) is 5.13. The van der Waals surface area contributed by atoms with Gasteiger partial charge in [-0.15, -0.1) is 0 Å². The third-order valence-corrected chi connectivity index (χ3v) is 7.24. The number of hydrogen-bond acceptors (Lipinski definition) is 7. The van der Waals surface area contributed by atoms with Crippen LogP contribution in [-0.2, 0) is 26.5 Å². The van der Waals surface area contributed by atoms with E-state index in [2.05, 4.69) is 9.88 Å². The highest BCUT2D eigenvalue weighted by molar-refractivity contribution is 7.89. The zero-order valence-electron chi connectivity index (χ0n) is 17.2. The lowest BCUT2D eigenvalue weighted by atomic mass is 10.1. The SMILES string of the molecule is COc1ccc(-c2onc(C)c2C)cc1S(=O)(=O)NCCc1ccc(S(N)(=O)=O)cc1. The van der Waals surface area contributed by atoms with Crippen molar-refractivity contribution in [2.75, 3.05) is 13.7 Å². The third-order valence-electron chi connectivity index (χ3n) is 4.83. The van der Waals surface area contributed by atoms with Gasteiger partial charge < -0.3 is 9.26 Å². The van der Waals surface area contributed by atoms with Crippen LogP contribution in [-0.4, -0.2) is 35.6 Å². The second-order valence-electron chi connectivity index (χ2n) is 6.92. The molecule has 3 N–H and O–H groups in total. The molecule has 166 valence electrons. The zero-order chi connectivity index (χ0) is 22.8. The molecule has 11 heteroatoms. The molecule has 0 radical (unpaired) electrons. The van der Waals surface area contributed by atoms with Crippen LogP contribution < -0.4 is 14.6 Å². The van der Waals surface area contributed by atoms with Crippen molar-refractivity contribution in [2.45, 2.75) is 30.1 Å². The molecule has 0 aliphatic carbocycles. The van der Waals surface area contributed by atoms with Gasteiger partial charge in [-0.25, -0.2) is 26.7 Å². The second kappa shape index (κ2) is 8.79. The second-order valence-corrected chi connectivity index (χ2v) is 10.2. The van der Waals surface area contributed by atoms with Crippen molar-refractivity contribution >= 4 is 20.0 Å². The Kier molecular flexibility index (Phi) is 6.51. The fourth-order valence-corrected chi connectivity index (χ4v) is 4.71. The van der Waals surface area contributed by atoms with Gasteiger partial charge in [0.2, 0.25) is 20.0 Å². The molecule has 1 heterocycles. The molecule has 0 fully saturated rings. The van der Waals surface area contributed by atoms with Crippen LogP contribution in [0.1, 0.15) is 16.8 Å². The Balaban J connectivity index is 1.79. The molecule has 0 amide bonds. The molecule has 0 saturated heterocycles. The van der Waals surface area contributed by atoms with Crippen LogP contribution in [0.4, 0.5) is 0 Å². The molecule has 0 spiro atoms. The lowest BCUT2D eigenvalue weighted by Crippen LogP contribution is -2.26. The van der Waals surface area contributed by atoms with Gasteiger partial charge in [0, 0.05) is 17.7 Å². The predicted molar refractivity (Wildman–Crippen MR) is 115 cm³/mol. The number of ether oxygens (including phenoxy) is 1. The topological polar surface area (TPSA) is 142 Å². The van der Waals surface area contributed by atoms with E-state index in [1.54, 1.807) is 31.2 Å². The monoisotopic (exact) mass is 465 g/mol. The number of primary sulfonamides is 1. The summed E-state index contributed by atoms with van der Waals surface area (Å²) in [5.74, 6) is 0.689. The summed E-state index contributed by atoms with van der Waals surface area (Å²) in [6.07, 6.45) is 0.354. The lowest BCUT2D eigenvalue weighted by Gasteiger charge is -2.12. The van der Waals surface area contributed by atoms with Crippen LogP contribution in [0.15, 0.2) is 56.8 Å². The van der Waals surface area contributed by atoms with Gasteiger partial charge >= 0.3 is 0 Å². The summed E-state index contributed by atoms with van der Waals surface area (Å²) in [6, 6.07) is 10.7. The number of nitrogens with two attached hydrogens (primary N) is 1. The number of nitrogens with zero attached hydrogens (tertiary/aromatic N) is 1. The van der Waals surface area contributed by atoms with Crippen LogP contribution in [0.3, 0.4) is 0 Å². The van der Waals surface area contributed by atoms with Crippen LogP contribution in [0, 0.1) is 13.8 Å². The van der Waals surface area contributed by atoms with Crippen molar-refractivity contribution < 1.29 is 26.1 Å². The highest BCUT2D eigenvalue weighted by Crippen LogP contribution is 2.32. The van der Waals surface area contributed by atoms with Crippen molar-refractivity contribution in [3.8, 4) is 17.1 Å². The Labute approximate surface area is 181 Å². The number of methoxy groups -OCH3 is 1. The molecular formula is C20H23N3O6S2. The standard InChI is InChI=1S/C20H23N3O6S2/c1-13-14(2)23-29-20(13)16-6-9-18(28-3)19(12-16)31(26,27)22-11-10-15-4-7-17(8-5-15)30(21,24)25/h4-9,12,22H,10-11H2,1-3H3,(H2,21,24,25). The molecule has 1 aromatic heterocycles. The van der Waals surface area contributed by atoms with Gasteiger partial charge in [0.25, 0.3) is 0 Å². The minimum absolute atomic E-state index is 0.00340. The van der Waals surface area contributed by atoms with Crippen molar-refractivity contribution in [3.63, 3.8) is 0 Å². The summed E-state index contributed by atoms with van der Waals surface area (Å²) < 4.78 is 61.6. The van der Waals surface area contributed by atoms with E-state index in [4.69, 9.17) is 14.4 Å². The molecule has 9 nitrogen and oxygen atoms in total. The Bertz CT molecular complexity index is 1300. The highest BCUT2D eigenvalue weighted by Gasteiger charge is 2.22. The Hall–Kier alpha value is -2.73. The number of sulfonamides is 2. The highest BCUT2D eigenvalue weighted by atomic mass is 32.2. The number of aryl methyl sites for hydroxylation is 1. The number of benzene rings is 2. The van der Waals surface area contributed by atoms with E-state index < -0.39 is 20.0 Å². The quantitative estimate of drug-likeness (QED) is 0.519. The number of nitrogens with one attached hydrogen (secondary N) is 1. The van der Waals surface area contributed by atoms with Crippen molar-refractivity contribution in [2.24, 2.45) is 5.14 Å². The molecule has 0 atom stereocenters. The molecule has 0 bridgehead atoms. The largest absolute Gasteiger partial charge is 0.495 e. The predicted octanol–water partition coefficient (Wildman–Crippen LogP) is 2.14. The average Bonchev–Trinajstić information content (AvgIpc) is 3.05. The fraction of sp³-hybridized carbons (Fsp3) is 0.250. The average molecular weight is 466 g/mol. The van der Waals surface area contributed by atoms with Gasteiger partial charge in [0.1, 0.15) is 10.6 Å². The van der Waals surface area contributed by atoms with Crippen LogP contribution in [0.2, 0.25) is 0 Å². The summed E-state index contributed by atoms with van der Waals surface area (Å²) in [5.41, 5.74) is 2.87. The maximum atomic E-state index is 12.9. The summed E-state index contributed by atoms with van der Waals surface area (Å²) >= 11 is 0. The number of rotatable bonds is 8. The van der Waals surface area contributed by atoms with Gasteiger partial charge in [-0.3, -0.25) is 0 Å². The van der Waals surface area contributed by atoms with Gasteiger partial charge in [-0.2, -0.15) is 0 Å². The first-order valence-corrected chi connectivity index (χ1v) is 12.3. The molecule has 0 saturated carbocycles. The normalized spacial score (nSPS) is 12.1. The van der Waals surface area contributed by atoms with Gasteiger partial charge in [0.05, 0.1) is 17.7 Å². The molecule has 2 aromatic carbocycles. The van der Waals surface area contributed by atoms with Gasteiger partial charge in [0.15, 0.2) is 5.76 Å². The molecule has 31 heavy (non-hydrogen) atoms. The van der Waals surface area contributed by atoms with Gasteiger partial charge in [-0.1, -0.05) is 17.3 Å². The van der Waals surface area contributed by atoms with Crippen LogP contribution >= 0.6 is 0 Å². The summed E-state index contributed by atoms with van der Waals surface area (Å²) in [6.45, 7) is 3.75. The first-order valence-electron chi connectivity index (χ1n) is 9.25. The van der Waals surface area contributed by atoms with Crippen molar-refractivity contribution in [1.82, 2.24) is 9.88 Å². The van der Waals surface area contributed by atoms with Crippen LogP contribution in [0.25, 0.3) is 11.3 Å². The Morgan fingerprint density at radius 1 is 1.06 bits per heavy atom. The van der Waals surface area contributed by atoms with E-state index >= 15 is 0 Å². The smallest absolute Gasteiger partial charge is 0.244 e. The first kappa shape index (κ1) is 22.9. The van der Waals surface area contributed by atoms with E-state index in [0.717, 1.165) is 16.8 Å². The molecule has 0 aliphatic rings. The first-order chi connectivity index (χ1) is 14.5. The molecular weight excluding hydrogens is 442 g/mol. The summed E-state index contributed by atoms with van der Waals surface area (Å²) in [7, 11) is -6.27.